The van der Waals surface area contributed by atoms with Crippen molar-refractivity contribution < 1.29 is 17.9 Å². The minimum absolute atomic E-state index is 0.296. The van der Waals surface area contributed by atoms with Gasteiger partial charge in [-0.15, -0.1) is 0 Å². The first-order chi connectivity index (χ1) is 9.45. The number of alkyl halides is 3. The van der Waals surface area contributed by atoms with Crippen molar-refractivity contribution in [1.29, 1.82) is 0 Å². The standard InChI is InChI=1S/C13H12F3N3O/c1-20-11-3-2-8(5-17)4-9(11)10-6-19-12(7-18-10)13(14,15)16/h2-4,6-7H,5,17H2,1H3. The van der Waals surface area contributed by atoms with Gasteiger partial charge >= 0.3 is 6.18 Å². The quantitative estimate of drug-likeness (QED) is 0.940. The summed E-state index contributed by atoms with van der Waals surface area (Å²) in [7, 11) is 1.47. The molecule has 0 fully saturated rings. The third-order valence-electron chi connectivity index (χ3n) is 2.72. The Morgan fingerprint density at radius 1 is 1.20 bits per heavy atom. The molecular weight excluding hydrogens is 271 g/mol. The molecule has 2 rings (SSSR count). The molecule has 1 aromatic carbocycles. The average Bonchev–Trinajstić information content (AvgIpc) is 2.45. The Hall–Kier alpha value is -2.15. The summed E-state index contributed by atoms with van der Waals surface area (Å²) in [6, 6.07) is 5.19. The van der Waals surface area contributed by atoms with Crippen LogP contribution in [-0.4, -0.2) is 17.1 Å². The van der Waals surface area contributed by atoms with Crippen LogP contribution in [0.25, 0.3) is 11.3 Å². The van der Waals surface area contributed by atoms with E-state index in [0.29, 0.717) is 29.7 Å². The average molecular weight is 283 g/mol. The first-order valence-corrected chi connectivity index (χ1v) is 5.72. The highest BCUT2D eigenvalue weighted by atomic mass is 19.4. The molecule has 106 valence electrons. The summed E-state index contributed by atoms with van der Waals surface area (Å²) in [6.07, 6.45) is -2.74. The van der Waals surface area contributed by atoms with Crippen molar-refractivity contribution in [2.45, 2.75) is 12.7 Å². The van der Waals surface area contributed by atoms with Crippen LogP contribution in [-0.2, 0) is 12.7 Å². The SMILES string of the molecule is COc1ccc(CN)cc1-c1cnc(C(F)(F)F)cn1. The molecule has 0 aliphatic heterocycles. The Morgan fingerprint density at radius 3 is 2.45 bits per heavy atom. The first-order valence-electron chi connectivity index (χ1n) is 5.72. The Kier molecular flexibility index (Phi) is 3.89. The highest BCUT2D eigenvalue weighted by Gasteiger charge is 2.32. The lowest BCUT2D eigenvalue weighted by atomic mass is 10.1. The zero-order chi connectivity index (χ0) is 14.8. The summed E-state index contributed by atoms with van der Waals surface area (Å²) in [5, 5.41) is 0. The molecule has 0 unspecified atom stereocenters. The highest BCUT2D eigenvalue weighted by molar-refractivity contribution is 5.67. The third-order valence-corrected chi connectivity index (χ3v) is 2.72. The minimum atomic E-state index is -4.51. The van der Waals surface area contributed by atoms with E-state index < -0.39 is 11.9 Å². The molecule has 0 amide bonds. The second-order valence-corrected chi connectivity index (χ2v) is 4.02. The smallest absolute Gasteiger partial charge is 0.434 e. The van der Waals surface area contributed by atoms with Gasteiger partial charge in [-0.1, -0.05) is 6.07 Å². The van der Waals surface area contributed by atoms with E-state index in [4.69, 9.17) is 10.5 Å². The Morgan fingerprint density at radius 2 is 1.95 bits per heavy atom. The van der Waals surface area contributed by atoms with Gasteiger partial charge in [0, 0.05) is 12.1 Å². The number of ether oxygens (including phenoxy) is 1. The molecule has 0 bridgehead atoms. The third kappa shape index (κ3) is 2.88. The molecule has 2 aromatic rings. The van der Waals surface area contributed by atoms with Crippen LogP contribution in [0.1, 0.15) is 11.3 Å². The van der Waals surface area contributed by atoms with Gasteiger partial charge in [0.25, 0.3) is 0 Å². The monoisotopic (exact) mass is 283 g/mol. The molecule has 1 aromatic heterocycles. The first kappa shape index (κ1) is 14.3. The topological polar surface area (TPSA) is 61.0 Å². The van der Waals surface area contributed by atoms with Crippen molar-refractivity contribution >= 4 is 0 Å². The van der Waals surface area contributed by atoms with Crippen molar-refractivity contribution in [3.05, 3.63) is 41.9 Å². The van der Waals surface area contributed by atoms with Crippen molar-refractivity contribution in [3.63, 3.8) is 0 Å². The van der Waals surface area contributed by atoms with Gasteiger partial charge in [-0.25, -0.2) is 4.98 Å². The second kappa shape index (κ2) is 5.46. The summed E-state index contributed by atoms with van der Waals surface area (Å²) in [5.74, 6) is 0.497. The normalized spacial score (nSPS) is 11.4. The van der Waals surface area contributed by atoms with Gasteiger partial charge in [-0.05, 0) is 17.7 Å². The predicted molar refractivity (Wildman–Crippen MR) is 66.9 cm³/mol. The van der Waals surface area contributed by atoms with Crippen LogP contribution < -0.4 is 10.5 Å². The van der Waals surface area contributed by atoms with E-state index in [1.54, 1.807) is 18.2 Å². The number of nitrogens with zero attached hydrogens (tertiary/aromatic N) is 2. The van der Waals surface area contributed by atoms with E-state index >= 15 is 0 Å². The second-order valence-electron chi connectivity index (χ2n) is 4.02. The summed E-state index contributed by atoms with van der Waals surface area (Å²) in [6.45, 7) is 0.311. The molecule has 0 spiro atoms. The highest BCUT2D eigenvalue weighted by Crippen LogP contribution is 2.31. The zero-order valence-electron chi connectivity index (χ0n) is 10.6. The minimum Gasteiger partial charge on any atom is -0.496 e. The molecule has 1 heterocycles. The van der Waals surface area contributed by atoms with Crippen LogP contribution >= 0.6 is 0 Å². The van der Waals surface area contributed by atoms with E-state index in [1.165, 1.54) is 7.11 Å². The molecular formula is C13H12F3N3O. The van der Waals surface area contributed by atoms with Gasteiger partial charge < -0.3 is 10.5 Å². The van der Waals surface area contributed by atoms with Gasteiger partial charge in [-0.3, -0.25) is 4.98 Å². The molecule has 4 nitrogen and oxygen atoms in total. The number of benzene rings is 1. The maximum Gasteiger partial charge on any atom is 0.434 e. The fourth-order valence-electron chi connectivity index (χ4n) is 1.70. The molecule has 0 radical (unpaired) electrons. The maximum absolute atomic E-state index is 12.4. The van der Waals surface area contributed by atoms with E-state index in [0.717, 1.165) is 11.8 Å². The molecule has 0 saturated carbocycles. The van der Waals surface area contributed by atoms with Gasteiger partial charge in [0.1, 0.15) is 5.75 Å². The lowest BCUT2D eigenvalue weighted by Gasteiger charge is -2.10. The van der Waals surface area contributed by atoms with Crippen LogP contribution in [0.15, 0.2) is 30.6 Å². The number of hydrogen-bond donors (Lipinski definition) is 1. The Labute approximate surface area is 113 Å². The molecule has 0 aliphatic carbocycles. The van der Waals surface area contributed by atoms with Crippen LogP contribution in [0.5, 0.6) is 5.75 Å². The molecule has 0 aliphatic rings. The summed E-state index contributed by atoms with van der Waals surface area (Å²) < 4.78 is 42.5. The molecule has 0 saturated heterocycles. The fraction of sp³-hybridized carbons (Fsp3) is 0.231. The molecule has 20 heavy (non-hydrogen) atoms. The van der Waals surface area contributed by atoms with Crippen LogP contribution in [0.4, 0.5) is 13.2 Å². The number of rotatable bonds is 3. The van der Waals surface area contributed by atoms with E-state index in [2.05, 4.69) is 9.97 Å². The van der Waals surface area contributed by atoms with Crippen molar-refractivity contribution in [1.82, 2.24) is 9.97 Å². The number of methoxy groups -OCH3 is 1. The molecule has 7 heteroatoms. The summed E-state index contributed by atoms with van der Waals surface area (Å²) in [5.41, 5.74) is 6.18. The zero-order valence-corrected chi connectivity index (χ0v) is 10.6. The Bertz CT molecular complexity index is 597. The summed E-state index contributed by atoms with van der Waals surface area (Å²) >= 11 is 0. The van der Waals surface area contributed by atoms with Crippen LogP contribution in [0, 0.1) is 0 Å². The molecule has 2 N–H and O–H groups in total. The van der Waals surface area contributed by atoms with Crippen molar-refractivity contribution in [2.24, 2.45) is 5.73 Å². The predicted octanol–water partition coefficient (Wildman–Crippen LogP) is 2.63. The molecule has 0 atom stereocenters. The number of halogens is 3. The van der Waals surface area contributed by atoms with Crippen molar-refractivity contribution in [3.8, 4) is 17.0 Å². The van der Waals surface area contributed by atoms with Gasteiger partial charge in [0.05, 0.1) is 25.2 Å². The lowest BCUT2D eigenvalue weighted by molar-refractivity contribution is -0.141. The Balaban J connectivity index is 2.45. The van der Waals surface area contributed by atoms with E-state index in [1.807, 2.05) is 0 Å². The number of nitrogens with two attached hydrogens (primary N) is 1. The van der Waals surface area contributed by atoms with E-state index in [-0.39, 0.29) is 0 Å². The van der Waals surface area contributed by atoms with Crippen molar-refractivity contribution in [2.75, 3.05) is 7.11 Å². The van der Waals surface area contributed by atoms with Crippen LogP contribution in [0.3, 0.4) is 0 Å². The van der Waals surface area contributed by atoms with Gasteiger partial charge in [0.2, 0.25) is 0 Å². The van der Waals surface area contributed by atoms with E-state index in [9.17, 15) is 13.2 Å². The lowest BCUT2D eigenvalue weighted by Crippen LogP contribution is -2.08. The van der Waals surface area contributed by atoms with Crippen LogP contribution in [0.2, 0.25) is 0 Å². The number of aromatic nitrogens is 2. The summed E-state index contributed by atoms with van der Waals surface area (Å²) in [4.78, 5) is 7.18. The number of hydrogen-bond acceptors (Lipinski definition) is 4. The largest absolute Gasteiger partial charge is 0.496 e. The van der Waals surface area contributed by atoms with Gasteiger partial charge in [0.15, 0.2) is 5.69 Å². The van der Waals surface area contributed by atoms with Gasteiger partial charge in [-0.2, -0.15) is 13.2 Å². The fourth-order valence-corrected chi connectivity index (χ4v) is 1.70. The maximum atomic E-state index is 12.4.